The van der Waals surface area contributed by atoms with Crippen LogP contribution in [0, 0.1) is 5.92 Å². The molecule has 1 atom stereocenters. The molecule has 0 aromatic heterocycles. The molecule has 29 heavy (non-hydrogen) atoms. The predicted octanol–water partition coefficient (Wildman–Crippen LogP) is 2.83. The summed E-state index contributed by atoms with van der Waals surface area (Å²) in [6, 6.07) is 14.0. The van der Waals surface area contributed by atoms with Crippen molar-refractivity contribution in [3.05, 3.63) is 54.1 Å². The van der Waals surface area contributed by atoms with E-state index in [2.05, 4.69) is 10.6 Å². The number of carbonyl (C=O) groups is 3. The maximum Gasteiger partial charge on any atom is 0.253 e. The van der Waals surface area contributed by atoms with Gasteiger partial charge in [-0.1, -0.05) is 12.1 Å². The highest BCUT2D eigenvalue weighted by Crippen LogP contribution is 2.28. The van der Waals surface area contributed by atoms with Crippen LogP contribution in [0.2, 0.25) is 0 Å². The third-order valence-corrected chi connectivity index (χ3v) is 4.73. The molecule has 2 N–H and O–H groups in total. The molecule has 0 spiro atoms. The van der Waals surface area contributed by atoms with E-state index in [1.54, 1.807) is 60.5 Å². The van der Waals surface area contributed by atoms with Gasteiger partial charge < -0.3 is 20.3 Å². The summed E-state index contributed by atoms with van der Waals surface area (Å²) >= 11 is 0. The van der Waals surface area contributed by atoms with Crippen LogP contribution in [0.5, 0.6) is 5.75 Å². The van der Waals surface area contributed by atoms with E-state index in [4.69, 9.17) is 4.74 Å². The SMILES string of the molecule is COc1ccc(N2C[C@@H](C(=O)Nc3ccccc3C(=O)NC(C)C)CC2=O)cc1. The maximum absolute atomic E-state index is 12.8. The van der Waals surface area contributed by atoms with Crippen molar-refractivity contribution in [2.24, 2.45) is 5.92 Å². The van der Waals surface area contributed by atoms with Gasteiger partial charge in [0, 0.05) is 24.7 Å². The topological polar surface area (TPSA) is 87.7 Å². The quantitative estimate of drug-likeness (QED) is 0.787. The van der Waals surface area contributed by atoms with Gasteiger partial charge in [-0.3, -0.25) is 14.4 Å². The molecule has 0 radical (unpaired) electrons. The number of carbonyl (C=O) groups excluding carboxylic acids is 3. The van der Waals surface area contributed by atoms with Crippen molar-refractivity contribution in [2.75, 3.05) is 23.9 Å². The molecule has 1 fully saturated rings. The smallest absolute Gasteiger partial charge is 0.253 e. The fraction of sp³-hybridized carbons (Fsp3) is 0.318. The first-order chi connectivity index (χ1) is 13.9. The summed E-state index contributed by atoms with van der Waals surface area (Å²) in [5.41, 5.74) is 1.56. The molecule has 0 bridgehead atoms. The fourth-order valence-corrected chi connectivity index (χ4v) is 3.26. The Morgan fingerprint density at radius 1 is 1.10 bits per heavy atom. The van der Waals surface area contributed by atoms with E-state index in [0.717, 1.165) is 5.69 Å². The summed E-state index contributed by atoms with van der Waals surface area (Å²) in [7, 11) is 1.58. The normalized spacial score (nSPS) is 16.1. The molecule has 2 aromatic carbocycles. The lowest BCUT2D eigenvalue weighted by Gasteiger charge is -2.18. The Morgan fingerprint density at radius 2 is 1.79 bits per heavy atom. The number of ether oxygens (including phenoxy) is 1. The second-order valence-corrected chi connectivity index (χ2v) is 7.27. The van der Waals surface area contributed by atoms with E-state index in [1.807, 2.05) is 13.8 Å². The van der Waals surface area contributed by atoms with E-state index in [1.165, 1.54) is 0 Å². The number of methoxy groups -OCH3 is 1. The Morgan fingerprint density at radius 3 is 2.45 bits per heavy atom. The van der Waals surface area contributed by atoms with Gasteiger partial charge in [0.2, 0.25) is 11.8 Å². The van der Waals surface area contributed by atoms with Gasteiger partial charge in [-0.15, -0.1) is 0 Å². The zero-order valence-electron chi connectivity index (χ0n) is 16.8. The number of benzene rings is 2. The number of nitrogens with one attached hydrogen (secondary N) is 2. The Labute approximate surface area is 170 Å². The third kappa shape index (κ3) is 4.74. The molecule has 0 aliphatic carbocycles. The standard InChI is InChI=1S/C22H25N3O4/c1-14(2)23-22(28)18-6-4-5-7-19(18)24-21(27)15-12-20(26)25(13-15)16-8-10-17(29-3)11-9-16/h4-11,14-15H,12-13H2,1-3H3,(H,23,28)(H,24,27)/t15-/m0/s1. The molecular formula is C22H25N3O4. The minimum absolute atomic E-state index is 0.0169. The van der Waals surface area contributed by atoms with Crippen molar-refractivity contribution in [1.82, 2.24) is 5.32 Å². The van der Waals surface area contributed by atoms with Crippen molar-refractivity contribution < 1.29 is 19.1 Å². The molecule has 0 unspecified atom stereocenters. The third-order valence-electron chi connectivity index (χ3n) is 4.73. The number of nitrogens with zero attached hydrogens (tertiary/aromatic N) is 1. The molecule has 1 saturated heterocycles. The van der Waals surface area contributed by atoms with Crippen LogP contribution < -0.4 is 20.3 Å². The average molecular weight is 395 g/mol. The summed E-state index contributed by atoms with van der Waals surface area (Å²) in [5, 5.41) is 5.64. The van der Waals surface area contributed by atoms with Crippen LogP contribution >= 0.6 is 0 Å². The van der Waals surface area contributed by atoms with Crippen molar-refractivity contribution in [3.8, 4) is 5.75 Å². The summed E-state index contributed by atoms with van der Waals surface area (Å²) in [4.78, 5) is 39.2. The zero-order valence-corrected chi connectivity index (χ0v) is 16.8. The minimum atomic E-state index is -0.495. The van der Waals surface area contributed by atoms with Gasteiger partial charge in [-0.25, -0.2) is 0 Å². The van der Waals surface area contributed by atoms with Gasteiger partial charge in [0.05, 0.1) is 24.3 Å². The highest BCUT2D eigenvalue weighted by Gasteiger charge is 2.35. The summed E-state index contributed by atoms with van der Waals surface area (Å²) in [5.74, 6) is -0.435. The molecule has 3 rings (SSSR count). The van der Waals surface area contributed by atoms with Crippen LogP contribution in [0.3, 0.4) is 0 Å². The largest absolute Gasteiger partial charge is 0.497 e. The van der Waals surface area contributed by atoms with E-state index in [-0.39, 0.29) is 36.7 Å². The molecule has 2 aromatic rings. The molecule has 1 aliphatic heterocycles. The summed E-state index contributed by atoms with van der Waals surface area (Å²) in [6.45, 7) is 4.03. The lowest BCUT2D eigenvalue weighted by molar-refractivity contribution is -0.122. The van der Waals surface area contributed by atoms with Crippen LogP contribution in [-0.4, -0.2) is 37.4 Å². The summed E-state index contributed by atoms with van der Waals surface area (Å²) < 4.78 is 5.14. The first-order valence-electron chi connectivity index (χ1n) is 9.54. The van der Waals surface area contributed by atoms with Gasteiger partial charge in [0.25, 0.3) is 5.91 Å². The van der Waals surface area contributed by atoms with E-state index in [0.29, 0.717) is 17.0 Å². The number of rotatable bonds is 6. The molecule has 7 heteroatoms. The molecule has 0 saturated carbocycles. The predicted molar refractivity (Wildman–Crippen MR) is 111 cm³/mol. The number of para-hydroxylation sites is 1. The fourth-order valence-electron chi connectivity index (χ4n) is 3.26. The van der Waals surface area contributed by atoms with Crippen LogP contribution in [0.15, 0.2) is 48.5 Å². The molecule has 1 heterocycles. The van der Waals surface area contributed by atoms with Gasteiger partial charge in [-0.2, -0.15) is 0 Å². The molecule has 1 aliphatic rings. The first-order valence-corrected chi connectivity index (χ1v) is 9.54. The van der Waals surface area contributed by atoms with Gasteiger partial charge in [0.1, 0.15) is 5.75 Å². The van der Waals surface area contributed by atoms with Crippen LogP contribution in [0.1, 0.15) is 30.6 Å². The Bertz CT molecular complexity index is 909. The van der Waals surface area contributed by atoms with E-state index >= 15 is 0 Å². The second kappa shape index (κ2) is 8.77. The van der Waals surface area contributed by atoms with Crippen molar-refractivity contribution >= 4 is 29.1 Å². The van der Waals surface area contributed by atoms with Crippen LogP contribution in [0.25, 0.3) is 0 Å². The lowest BCUT2D eigenvalue weighted by Crippen LogP contribution is -2.32. The summed E-state index contributed by atoms with van der Waals surface area (Å²) in [6.07, 6.45) is 0.123. The molecular weight excluding hydrogens is 370 g/mol. The molecule has 152 valence electrons. The second-order valence-electron chi connectivity index (χ2n) is 7.27. The lowest BCUT2D eigenvalue weighted by atomic mass is 10.1. The van der Waals surface area contributed by atoms with Gasteiger partial charge in [0.15, 0.2) is 0 Å². The van der Waals surface area contributed by atoms with Crippen molar-refractivity contribution in [2.45, 2.75) is 26.3 Å². The van der Waals surface area contributed by atoms with Gasteiger partial charge in [-0.05, 0) is 50.2 Å². The average Bonchev–Trinajstić information content (AvgIpc) is 3.09. The Hall–Kier alpha value is -3.35. The molecule has 3 amide bonds. The molecule has 7 nitrogen and oxygen atoms in total. The highest BCUT2D eigenvalue weighted by molar-refractivity contribution is 6.07. The number of hydrogen-bond donors (Lipinski definition) is 2. The van der Waals surface area contributed by atoms with Gasteiger partial charge >= 0.3 is 0 Å². The maximum atomic E-state index is 12.8. The number of anilines is 2. The Kier molecular flexibility index (Phi) is 6.16. The van der Waals surface area contributed by atoms with Crippen LogP contribution in [0.4, 0.5) is 11.4 Å². The van der Waals surface area contributed by atoms with Crippen molar-refractivity contribution in [1.29, 1.82) is 0 Å². The first kappa shape index (κ1) is 20.4. The highest BCUT2D eigenvalue weighted by atomic mass is 16.5. The Balaban J connectivity index is 1.70. The number of hydrogen-bond acceptors (Lipinski definition) is 4. The minimum Gasteiger partial charge on any atom is -0.497 e. The zero-order chi connectivity index (χ0) is 21.0. The van der Waals surface area contributed by atoms with E-state index < -0.39 is 5.92 Å². The number of amides is 3. The van der Waals surface area contributed by atoms with Crippen LogP contribution in [-0.2, 0) is 9.59 Å². The monoisotopic (exact) mass is 395 g/mol. The van der Waals surface area contributed by atoms with E-state index in [9.17, 15) is 14.4 Å². The van der Waals surface area contributed by atoms with Crippen molar-refractivity contribution in [3.63, 3.8) is 0 Å².